The number of carbonyl (C=O) groups is 5. The molecule has 216 valence electrons. The third kappa shape index (κ3) is 8.52. The van der Waals surface area contributed by atoms with Gasteiger partial charge >= 0.3 is 17.9 Å². The lowest BCUT2D eigenvalue weighted by Gasteiger charge is -2.24. The Hall–Kier alpha value is -4.47. The Labute approximate surface area is 231 Å². The summed E-state index contributed by atoms with van der Waals surface area (Å²) in [7, 11) is 0. The molecular formula is C24H30N6O9S. The zero-order chi connectivity index (χ0) is 29.4. The third-order valence-corrected chi connectivity index (χ3v) is 7.46. The summed E-state index contributed by atoms with van der Waals surface area (Å²) >= 11 is 1.20. The number of H-pyrrole nitrogens is 1. The minimum absolute atomic E-state index is 0.0484. The lowest BCUT2D eigenvalue weighted by Crippen LogP contribution is -2.44. The second kappa shape index (κ2) is 13.5. The number of hydrogen-bond donors (Lipinski definition) is 8. The molecular weight excluding hydrogens is 548 g/mol. The van der Waals surface area contributed by atoms with E-state index in [-0.39, 0.29) is 35.1 Å². The van der Waals surface area contributed by atoms with Crippen molar-refractivity contribution in [2.75, 3.05) is 17.6 Å². The smallest absolute Gasteiger partial charge is 0.326 e. The lowest BCUT2D eigenvalue weighted by atomic mass is 9.92. The van der Waals surface area contributed by atoms with E-state index in [0.717, 1.165) is 11.3 Å². The Kier molecular flexibility index (Phi) is 10.2. The fourth-order valence-corrected chi connectivity index (χ4v) is 5.12. The number of nitrogen functional groups attached to an aromatic ring is 1. The van der Waals surface area contributed by atoms with Crippen LogP contribution < -0.4 is 27.2 Å². The first-order valence-corrected chi connectivity index (χ1v) is 13.2. The van der Waals surface area contributed by atoms with Crippen molar-refractivity contribution < 1.29 is 39.3 Å². The number of thiophene rings is 1. The van der Waals surface area contributed by atoms with Gasteiger partial charge in [-0.1, -0.05) is 0 Å². The Balaban J connectivity index is 1.49. The minimum Gasteiger partial charge on any atom is -0.481 e. The SMILES string of the molecule is Nc1nc2c(c(=O)[nH]1)CC(CCc1ccc(C(=O)N[C@@H](CCC(=O)N[C@H](CCC(=O)O)C(=O)O)C(=O)O)s1)CN2. The number of aromatic nitrogens is 2. The number of carboxylic acid groups (broad SMARTS) is 3. The molecule has 1 aliphatic rings. The first-order valence-electron chi connectivity index (χ1n) is 12.4. The van der Waals surface area contributed by atoms with Gasteiger partial charge in [-0.25, -0.2) is 9.59 Å². The second-order valence-corrected chi connectivity index (χ2v) is 10.5. The predicted octanol–water partition coefficient (Wildman–Crippen LogP) is 0.0280. The van der Waals surface area contributed by atoms with E-state index < -0.39 is 54.6 Å². The number of aryl methyl sites for hydroxylation is 1. The fourth-order valence-electron chi connectivity index (χ4n) is 4.19. The maximum absolute atomic E-state index is 12.7. The van der Waals surface area contributed by atoms with E-state index in [1.165, 1.54) is 11.3 Å². The number of nitrogens with zero attached hydrogens (tertiary/aromatic N) is 1. The molecule has 2 aromatic heterocycles. The molecule has 1 aliphatic heterocycles. The summed E-state index contributed by atoms with van der Waals surface area (Å²) < 4.78 is 0. The zero-order valence-electron chi connectivity index (χ0n) is 21.3. The summed E-state index contributed by atoms with van der Waals surface area (Å²) in [6.45, 7) is 0.613. The molecule has 0 radical (unpaired) electrons. The number of aromatic amines is 1. The average molecular weight is 579 g/mol. The topological polar surface area (TPSA) is 254 Å². The third-order valence-electron chi connectivity index (χ3n) is 6.31. The second-order valence-electron chi connectivity index (χ2n) is 9.33. The molecule has 1 unspecified atom stereocenters. The van der Waals surface area contributed by atoms with Gasteiger partial charge in [-0.2, -0.15) is 4.98 Å². The quantitative estimate of drug-likeness (QED) is 0.148. The molecule has 0 bridgehead atoms. The van der Waals surface area contributed by atoms with Crippen molar-refractivity contribution in [1.82, 2.24) is 20.6 Å². The maximum Gasteiger partial charge on any atom is 0.326 e. The number of amides is 2. The van der Waals surface area contributed by atoms with Crippen molar-refractivity contribution >= 4 is 52.8 Å². The molecule has 16 heteroatoms. The van der Waals surface area contributed by atoms with Crippen LogP contribution >= 0.6 is 11.3 Å². The summed E-state index contributed by atoms with van der Waals surface area (Å²) in [4.78, 5) is 78.3. The van der Waals surface area contributed by atoms with Crippen LogP contribution in [0.2, 0.25) is 0 Å². The van der Waals surface area contributed by atoms with Gasteiger partial charge in [0.25, 0.3) is 11.5 Å². The van der Waals surface area contributed by atoms with Crippen LogP contribution in [0.5, 0.6) is 0 Å². The standard InChI is InChI=1S/C24H30N6O9S/c25-24-29-19-13(20(34)30-24)9-11(10-26-19)1-2-12-3-6-16(40-12)21(35)28-15(23(38)39)4-7-17(31)27-14(22(36)37)5-8-18(32)33/h3,6,11,14-15H,1-2,4-5,7-10H2,(H,27,31)(H,28,35)(H,32,33)(H,36,37)(H,38,39)(H4,25,26,29,30,34)/t11?,14-,15+/m1/s1. The molecule has 0 saturated heterocycles. The van der Waals surface area contributed by atoms with Crippen molar-refractivity contribution in [3.63, 3.8) is 0 Å². The van der Waals surface area contributed by atoms with Crippen molar-refractivity contribution in [3.8, 4) is 0 Å². The van der Waals surface area contributed by atoms with E-state index in [9.17, 15) is 33.9 Å². The van der Waals surface area contributed by atoms with Gasteiger partial charge in [0.05, 0.1) is 10.4 Å². The minimum atomic E-state index is -1.43. The fraction of sp³-hybridized carbons (Fsp3) is 0.458. The number of aliphatic carboxylic acids is 3. The average Bonchev–Trinajstić information content (AvgIpc) is 3.36. The summed E-state index contributed by atoms with van der Waals surface area (Å²) in [6, 6.07) is 0.513. The highest BCUT2D eigenvalue weighted by molar-refractivity contribution is 7.14. The molecule has 2 amide bonds. The molecule has 2 aromatic rings. The number of anilines is 2. The van der Waals surface area contributed by atoms with Gasteiger partial charge in [-0.3, -0.25) is 24.2 Å². The Morgan fingerprint density at radius 3 is 2.40 bits per heavy atom. The van der Waals surface area contributed by atoms with Crippen LogP contribution in [0.3, 0.4) is 0 Å². The van der Waals surface area contributed by atoms with E-state index in [4.69, 9.17) is 15.9 Å². The molecule has 0 aromatic carbocycles. The van der Waals surface area contributed by atoms with Crippen LogP contribution in [0.15, 0.2) is 16.9 Å². The molecule has 0 saturated carbocycles. The number of nitrogens with one attached hydrogen (secondary N) is 4. The largest absolute Gasteiger partial charge is 0.481 e. The van der Waals surface area contributed by atoms with Gasteiger partial charge in [0.15, 0.2) is 0 Å². The van der Waals surface area contributed by atoms with E-state index in [2.05, 4.69) is 25.9 Å². The van der Waals surface area contributed by atoms with Gasteiger partial charge < -0.3 is 37.0 Å². The van der Waals surface area contributed by atoms with E-state index in [0.29, 0.717) is 30.8 Å². The van der Waals surface area contributed by atoms with Crippen molar-refractivity contribution in [2.24, 2.45) is 5.92 Å². The Bertz CT molecular complexity index is 1340. The number of carboxylic acids is 3. The van der Waals surface area contributed by atoms with Gasteiger partial charge in [-0.15, -0.1) is 11.3 Å². The van der Waals surface area contributed by atoms with E-state index in [1.54, 1.807) is 12.1 Å². The summed E-state index contributed by atoms with van der Waals surface area (Å²) in [5.41, 5.74) is 5.84. The van der Waals surface area contributed by atoms with Gasteiger partial charge in [0.2, 0.25) is 11.9 Å². The normalized spacial score (nSPS) is 15.7. The van der Waals surface area contributed by atoms with Crippen molar-refractivity contribution in [2.45, 2.75) is 57.0 Å². The van der Waals surface area contributed by atoms with Gasteiger partial charge in [0, 0.05) is 24.3 Å². The molecule has 15 nitrogen and oxygen atoms in total. The molecule has 40 heavy (non-hydrogen) atoms. The molecule has 3 atom stereocenters. The maximum atomic E-state index is 12.7. The Morgan fingerprint density at radius 1 is 1.05 bits per heavy atom. The highest BCUT2D eigenvalue weighted by Gasteiger charge is 2.26. The number of carbonyl (C=O) groups excluding carboxylic acids is 2. The lowest BCUT2D eigenvalue weighted by molar-refractivity contribution is -0.143. The van der Waals surface area contributed by atoms with Crippen LogP contribution in [0.4, 0.5) is 11.8 Å². The Morgan fingerprint density at radius 2 is 1.73 bits per heavy atom. The number of rotatable bonds is 14. The number of fused-ring (bicyclic) bond motifs is 1. The predicted molar refractivity (Wildman–Crippen MR) is 142 cm³/mol. The van der Waals surface area contributed by atoms with E-state index in [1.807, 2.05) is 0 Å². The van der Waals surface area contributed by atoms with Crippen LogP contribution in [-0.4, -0.2) is 73.6 Å². The molecule has 0 spiro atoms. The number of hydrogen-bond acceptors (Lipinski definition) is 10. The highest BCUT2D eigenvalue weighted by atomic mass is 32.1. The molecule has 3 heterocycles. The molecule has 9 N–H and O–H groups in total. The van der Waals surface area contributed by atoms with Crippen molar-refractivity contribution in [3.05, 3.63) is 37.8 Å². The molecule has 0 fully saturated rings. The number of nitrogens with two attached hydrogens (primary N) is 1. The van der Waals surface area contributed by atoms with Gasteiger partial charge in [-0.05, 0) is 50.2 Å². The van der Waals surface area contributed by atoms with Crippen molar-refractivity contribution in [1.29, 1.82) is 0 Å². The first-order chi connectivity index (χ1) is 18.9. The van der Waals surface area contributed by atoms with Crippen LogP contribution in [0.25, 0.3) is 0 Å². The first kappa shape index (κ1) is 30.1. The molecule has 0 aliphatic carbocycles. The van der Waals surface area contributed by atoms with Crippen LogP contribution in [0.1, 0.15) is 52.2 Å². The monoisotopic (exact) mass is 578 g/mol. The summed E-state index contributed by atoms with van der Waals surface area (Å²) in [5, 5.41) is 35.0. The highest BCUT2D eigenvalue weighted by Crippen LogP contribution is 2.25. The summed E-state index contributed by atoms with van der Waals surface area (Å²) in [6.07, 6.45) is 0.408. The summed E-state index contributed by atoms with van der Waals surface area (Å²) in [5.74, 6) is -4.71. The molecule has 3 rings (SSSR count). The van der Waals surface area contributed by atoms with Crippen LogP contribution in [0, 0.1) is 5.92 Å². The zero-order valence-corrected chi connectivity index (χ0v) is 22.1. The van der Waals surface area contributed by atoms with Crippen LogP contribution in [-0.2, 0) is 32.0 Å². The van der Waals surface area contributed by atoms with Gasteiger partial charge in [0.1, 0.15) is 17.9 Å². The van der Waals surface area contributed by atoms with E-state index >= 15 is 0 Å².